The van der Waals surface area contributed by atoms with E-state index in [9.17, 15) is 4.79 Å². The molecule has 0 aromatic heterocycles. The Morgan fingerprint density at radius 2 is 1.73 bits per heavy atom. The molecule has 2 N–H and O–H groups in total. The third kappa shape index (κ3) is 3.98. The zero-order valence-electron chi connectivity index (χ0n) is 7.63. The number of carbonyl (C=O) groups is 1. The van der Waals surface area contributed by atoms with Crippen LogP contribution in [-0.4, -0.2) is 18.1 Å². The van der Waals surface area contributed by atoms with Gasteiger partial charge in [-0.25, -0.2) is 0 Å². The van der Waals surface area contributed by atoms with Crippen molar-refractivity contribution in [3.63, 3.8) is 0 Å². The van der Waals surface area contributed by atoms with Gasteiger partial charge in [0.25, 0.3) is 0 Å². The quantitative estimate of drug-likeness (QED) is 0.623. The van der Waals surface area contributed by atoms with Gasteiger partial charge in [-0.1, -0.05) is 13.8 Å². The summed E-state index contributed by atoms with van der Waals surface area (Å²) in [5.41, 5.74) is 5.31. The van der Waals surface area contributed by atoms with Crippen LogP contribution in [0.5, 0.6) is 0 Å². The van der Waals surface area contributed by atoms with E-state index in [2.05, 4.69) is 0 Å². The summed E-state index contributed by atoms with van der Waals surface area (Å²) in [6.45, 7) is 7.48. The van der Waals surface area contributed by atoms with Gasteiger partial charge < -0.3 is 10.5 Å². The smallest absolute Gasteiger partial charge is 0.322 e. The van der Waals surface area contributed by atoms with Gasteiger partial charge in [0, 0.05) is 0 Å². The number of nitrogens with two attached hydrogens (primary N) is 1. The second-order valence-electron chi connectivity index (χ2n) is 3.17. The predicted octanol–water partition coefficient (Wildman–Crippen LogP) is 0.921. The van der Waals surface area contributed by atoms with Crippen molar-refractivity contribution in [2.75, 3.05) is 0 Å². The lowest BCUT2D eigenvalue weighted by Crippen LogP contribution is -2.32. The van der Waals surface area contributed by atoms with E-state index >= 15 is 0 Å². The Labute approximate surface area is 67.9 Å². The SMILES string of the molecule is CC(N)C(=O)OC(C)C(C)C. The van der Waals surface area contributed by atoms with E-state index in [1.807, 2.05) is 20.8 Å². The van der Waals surface area contributed by atoms with Crippen molar-refractivity contribution in [2.45, 2.75) is 39.8 Å². The molecule has 0 aliphatic rings. The summed E-state index contributed by atoms with van der Waals surface area (Å²) in [6.07, 6.45) is -0.0477. The van der Waals surface area contributed by atoms with E-state index in [0.717, 1.165) is 0 Å². The molecule has 0 saturated carbocycles. The molecule has 0 aliphatic heterocycles. The molecule has 2 atom stereocenters. The summed E-state index contributed by atoms with van der Waals surface area (Å²) < 4.78 is 5.01. The van der Waals surface area contributed by atoms with Crippen LogP contribution in [0.1, 0.15) is 27.7 Å². The van der Waals surface area contributed by atoms with Crippen molar-refractivity contribution in [3.8, 4) is 0 Å². The monoisotopic (exact) mass is 159 g/mol. The van der Waals surface area contributed by atoms with Gasteiger partial charge in [0.05, 0.1) is 0 Å². The highest BCUT2D eigenvalue weighted by atomic mass is 16.5. The van der Waals surface area contributed by atoms with Crippen LogP contribution in [0, 0.1) is 5.92 Å². The van der Waals surface area contributed by atoms with Crippen molar-refractivity contribution < 1.29 is 9.53 Å². The first-order chi connectivity index (χ1) is 4.95. The largest absolute Gasteiger partial charge is 0.461 e. The highest BCUT2D eigenvalue weighted by molar-refractivity contribution is 5.75. The molecule has 0 spiro atoms. The maximum Gasteiger partial charge on any atom is 0.322 e. The molecule has 0 saturated heterocycles. The van der Waals surface area contributed by atoms with Gasteiger partial charge in [0.1, 0.15) is 12.1 Å². The van der Waals surface area contributed by atoms with Crippen LogP contribution in [0.3, 0.4) is 0 Å². The number of ether oxygens (including phenoxy) is 1. The second kappa shape index (κ2) is 4.34. The van der Waals surface area contributed by atoms with E-state index < -0.39 is 6.04 Å². The van der Waals surface area contributed by atoms with E-state index in [4.69, 9.17) is 10.5 Å². The maximum absolute atomic E-state index is 10.9. The molecule has 0 heterocycles. The van der Waals surface area contributed by atoms with Gasteiger partial charge in [-0.05, 0) is 19.8 Å². The fourth-order valence-corrected chi connectivity index (χ4v) is 0.427. The van der Waals surface area contributed by atoms with Crippen LogP contribution in [0.25, 0.3) is 0 Å². The van der Waals surface area contributed by atoms with Crippen molar-refractivity contribution in [1.82, 2.24) is 0 Å². The van der Waals surface area contributed by atoms with Gasteiger partial charge in [0.15, 0.2) is 0 Å². The van der Waals surface area contributed by atoms with E-state index in [-0.39, 0.29) is 12.1 Å². The van der Waals surface area contributed by atoms with Crippen LogP contribution < -0.4 is 5.73 Å². The summed E-state index contributed by atoms with van der Waals surface area (Å²) in [5, 5.41) is 0. The Morgan fingerprint density at radius 1 is 1.27 bits per heavy atom. The molecule has 11 heavy (non-hydrogen) atoms. The zero-order valence-corrected chi connectivity index (χ0v) is 7.63. The fourth-order valence-electron chi connectivity index (χ4n) is 0.427. The minimum atomic E-state index is -0.517. The molecule has 66 valence electrons. The summed E-state index contributed by atoms with van der Waals surface area (Å²) in [4.78, 5) is 10.9. The van der Waals surface area contributed by atoms with Crippen molar-refractivity contribution in [3.05, 3.63) is 0 Å². The summed E-state index contributed by atoms with van der Waals surface area (Å²) in [6, 6.07) is -0.517. The Morgan fingerprint density at radius 3 is 2.00 bits per heavy atom. The molecule has 0 amide bonds. The van der Waals surface area contributed by atoms with Crippen LogP contribution in [0.15, 0.2) is 0 Å². The minimum absolute atomic E-state index is 0.0477. The molecule has 3 nitrogen and oxygen atoms in total. The number of hydrogen-bond acceptors (Lipinski definition) is 3. The highest BCUT2D eigenvalue weighted by Gasteiger charge is 2.15. The van der Waals surface area contributed by atoms with Gasteiger partial charge in [-0.2, -0.15) is 0 Å². The Hall–Kier alpha value is -0.570. The molecule has 0 rings (SSSR count). The first-order valence-corrected chi connectivity index (χ1v) is 3.91. The molecule has 0 aromatic carbocycles. The lowest BCUT2D eigenvalue weighted by molar-refractivity contribution is -0.151. The number of rotatable bonds is 3. The summed E-state index contributed by atoms with van der Waals surface area (Å²) in [7, 11) is 0. The average Bonchev–Trinajstić information content (AvgIpc) is 1.87. The summed E-state index contributed by atoms with van der Waals surface area (Å²) >= 11 is 0. The van der Waals surface area contributed by atoms with E-state index in [1.165, 1.54) is 0 Å². The lowest BCUT2D eigenvalue weighted by Gasteiger charge is -2.17. The maximum atomic E-state index is 10.9. The zero-order chi connectivity index (χ0) is 9.02. The van der Waals surface area contributed by atoms with Crippen molar-refractivity contribution in [1.29, 1.82) is 0 Å². The molecule has 0 fully saturated rings. The lowest BCUT2D eigenvalue weighted by atomic mass is 10.1. The topological polar surface area (TPSA) is 52.3 Å². The Bertz CT molecular complexity index is 132. The van der Waals surface area contributed by atoms with Crippen LogP contribution in [-0.2, 0) is 9.53 Å². The molecule has 0 aromatic rings. The molecule has 0 bridgehead atoms. The van der Waals surface area contributed by atoms with E-state index in [0.29, 0.717) is 5.92 Å². The van der Waals surface area contributed by atoms with Crippen molar-refractivity contribution >= 4 is 5.97 Å². The fraction of sp³-hybridized carbons (Fsp3) is 0.875. The van der Waals surface area contributed by atoms with Gasteiger partial charge in [0.2, 0.25) is 0 Å². The standard InChI is InChI=1S/C8H17NO2/c1-5(2)7(4)11-8(10)6(3)9/h5-7H,9H2,1-4H3. The van der Waals surface area contributed by atoms with Gasteiger partial charge >= 0.3 is 5.97 Å². The molecule has 0 radical (unpaired) electrons. The molecular formula is C8H17NO2. The molecular weight excluding hydrogens is 142 g/mol. The number of hydrogen-bond donors (Lipinski definition) is 1. The summed E-state index contributed by atoms with van der Waals surface area (Å²) in [5.74, 6) is 0.0175. The van der Waals surface area contributed by atoms with E-state index in [1.54, 1.807) is 6.92 Å². The first-order valence-electron chi connectivity index (χ1n) is 3.91. The van der Waals surface area contributed by atoms with Crippen LogP contribution >= 0.6 is 0 Å². The average molecular weight is 159 g/mol. The third-order valence-electron chi connectivity index (χ3n) is 1.61. The van der Waals surface area contributed by atoms with Gasteiger partial charge in [-0.15, -0.1) is 0 Å². The molecule has 3 heteroatoms. The Kier molecular flexibility index (Phi) is 4.11. The minimum Gasteiger partial charge on any atom is -0.461 e. The highest BCUT2D eigenvalue weighted by Crippen LogP contribution is 2.05. The normalized spacial score (nSPS) is 16.2. The predicted molar refractivity (Wildman–Crippen MR) is 44.0 cm³/mol. The Balaban J connectivity index is 3.76. The third-order valence-corrected chi connectivity index (χ3v) is 1.61. The molecule has 0 aliphatic carbocycles. The van der Waals surface area contributed by atoms with Crippen LogP contribution in [0.4, 0.5) is 0 Å². The van der Waals surface area contributed by atoms with Crippen LogP contribution in [0.2, 0.25) is 0 Å². The first kappa shape index (κ1) is 10.4. The molecule has 2 unspecified atom stereocenters. The van der Waals surface area contributed by atoms with Gasteiger partial charge in [-0.3, -0.25) is 4.79 Å². The van der Waals surface area contributed by atoms with Crippen molar-refractivity contribution in [2.24, 2.45) is 11.7 Å². The number of esters is 1. The number of carbonyl (C=O) groups excluding carboxylic acids is 1. The second-order valence-corrected chi connectivity index (χ2v) is 3.17.